The third kappa shape index (κ3) is 9.71. The normalized spacial score (nSPS) is 24.4. The molecule has 5 heterocycles. The van der Waals surface area contributed by atoms with Crippen molar-refractivity contribution in [2.45, 2.75) is 120 Å². The summed E-state index contributed by atoms with van der Waals surface area (Å²) in [6.07, 6.45) is 11.1. The van der Waals surface area contributed by atoms with Gasteiger partial charge in [-0.2, -0.15) is 0 Å². The predicted molar refractivity (Wildman–Crippen MR) is 272 cm³/mol. The van der Waals surface area contributed by atoms with Gasteiger partial charge in [0.25, 0.3) is 21.6 Å². The highest BCUT2D eigenvalue weighted by molar-refractivity contribution is 7.90. The Bertz CT molecular complexity index is 3080. The van der Waals surface area contributed by atoms with Crippen LogP contribution in [0.25, 0.3) is 11.0 Å². The molecule has 3 aromatic carbocycles. The van der Waals surface area contributed by atoms with Crippen LogP contribution in [-0.4, -0.2) is 107 Å². The number of H-pyrrole nitrogens is 1. The summed E-state index contributed by atoms with van der Waals surface area (Å²) >= 11 is 0. The number of aromatic nitrogens is 2. The number of ether oxygens (including phenoxy) is 2. The molecule has 4 N–H and O–H groups in total. The number of halogens is 1. The Morgan fingerprint density at radius 3 is 2.48 bits per heavy atom. The molecular formula is C54H63FN8O9S. The summed E-state index contributed by atoms with van der Waals surface area (Å²) in [7, 11) is -4.74. The molecule has 17 nitrogen and oxygen atoms in total. The Morgan fingerprint density at radius 2 is 1.75 bits per heavy atom. The number of hydrogen-bond donors (Lipinski definition) is 4. The topological polar surface area (TPSA) is 213 Å². The average molecular weight is 1020 g/mol. The van der Waals surface area contributed by atoms with Gasteiger partial charge in [-0.3, -0.25) is 24.6 Å². The number of rotatable bonds is 12. The number of nitrogens with one attached hydrogen (secondary N) is 3. The van der Waals surface area contributed by atoms with Crippen LogP contribution in [0.4, 0.5) is 21.5 Å². The maximum absolute atomic E-state index is 14.7. The van der Waals surface area contributed by atoms with E-state index >= 15 is 0 Å². The summed E-state index contributed by atoms with van der Waals surface area (Å²) < 4.78 is 57.2. The second kappa shape index (κ2) is 18.9. The van der Waals surface area contributed by atoms with Crippen LogP contribution in [0.15, 0.2) is 78.0 Å². The molecule has 3 aliphatic heterocycles. The second-order valence-electron chi connectivity index (χ2n) is 22.0. The van der Waals surface area contributed by atoms with E-state index in [4.69, 9.17) is 9.47 Å². The number of nitro benzene ring substituents is 1. The fourth-order valence-corrected chi connectivity index (χ4v) is 13.3. The third-order valence-corrected chi connectivity index (χ3v) is 18.0. The highest BCUT2D eigenvalue weighted by Crippen LogP contribution is 2.54. The number of carbonyl (C=O) groups excluding carboxylic acids is 2. The number of amides is 2. The summed E-state index contributed by atoms with van der Waals surface area (Å²) in [6, 6.07) is 17.4. The number of hydrogen-bond acceptors (Lipinski definition) is 13. The lowest BCUT2D eigenvalue weighted by Crippen LogP contribution is -2.60. The Labute approximate surface area is 424 Å². The SMILES string of the molecule is CC(C)c1ccccc1[C@@H]1CN(C(=O)C2CC2)CCN1C1CC2(CCN(c3ccc(C(=O)NS(=O)(=O)c4cc5c(c([N+](=O)[O-])c4)N[C@@H]([C@H]4CC[C@](C)(O)CC4)CO5)c(Oc4cnc5[nH]cc(F)c5c4)c3)CC2)C1. The number of piperazine rings is 1. The minimum absolute atomic E-state index is 0.00228. The van der Waals surface area contributed by atoms with Gasteiger partial charge < -0.3 is 34.7 Å². The number of nitrogens with zero attached hydrogens (tertiary/aromatic N) is 5. The molecule has 2 aromatic heterocycles. The Hall–Kier alpha value is -6.31. The van der Waals surface area contributed by atoms with Crippen molar-refractivity contribution in [2.75, 3.05) is 49.5 Å². The molecule has 5 fully saturated rings. The second-order valence-corrected chi connectivity index (χ2v) is 23.7. The van der Waals surface area contributed by atoms with Crippen LogP contribution >= 0.6 is 0 Å². The quantitative estimate of drug-likeness (QED) is 0.0681. The zero-order valence-electron chi connectivity index (χ0n) is 41.4. The highest BCUT2D eigenvalue weighted by Gasteiger charge is 2.51. The molecule has 6 aliphatic rings. The first-order valence-electron chi connectivity index (χ1n) is 25.8. The first-order valence-corrected chi connectivity index (χ1v) is 27.3. The van der Waals surface area contributed by atoms with E-state index in [1.807, 2.05) is 0 Å². The van der Waals surface area contributed by atoms with Crippen molar-refractivity contribution in [1.82, 2.24) is 24.5 Å². The van der Waals surface area contributed by atoms with Crippen molar-refractivity contribution in [3.05, 3.63) is 106 Å². The van der Waals surface area contributed by atoms with Crippen molar-refractivity contribution < 1.29 is 41.9 Å². The lowest BCUT2D eigenvalue weighted by Gasteiger charge is -2.58. The van der Waals surface area contributed by atoms with E-state index in [0.717, 1.165) is 82.5 Å². The fraction of sp³-hybridized carbons (Fsp3) is 0.500. The van der Waals surface area contributed by atoms with Gasteiger partial charge in [-0.25, -0.2) is 22.5 Å². The average Bonchev–Trinajstić information content (AvgIpc) is 4.16. The van der Waals surface area contributed by atoms with Gasteiger partial charge in [0.1, 0.15) is 29.6 Å². The summed E-state index contributed by atoms with van der Waals surface area (Å²) in [5.41, 5.74) is 2.45. The number of aromatic amines is 1. The summed E-state index contributed by atoms with van der Waals surface area (Å²) in [5, 5.41) is 26.3. The minimum Gasteiger partial charge on any atom is -0.489 e. The van der Waals surface area contributed by atoms with Crippen molar-refractivity contribution >= 4 is 49.9 Å². The predicted octanol–water partition coefficient (Wildman–Crippen LogP) is 8.80. The van der Waals surface area contributed by atoms with Gasteiger partial charge >= 0.3 is 0 Å². The number of anilines is 2. The molecule has 0 radical (unpaired) electrons. The number of pyridine rings is 1. The van der Waals surface area contributed by atoms with Gasteiger partial charge in [-0.1, -0.05) is 38.1 Å². The van der Waals surface area contributed by atoms with Gasteiger partial charge in [0.05, 0.1) is 44.7 Å². The van der Waals surface area contributed by atoms with Crippen LogP contribution in [0.1, 0.15) is 118 Å². The number of aliphatic hydroxyl groups is 1. The third-order valence-electron chi connectivity index (χ3n) is 16.7. The Balaban J connectivity index is 0.807. The number of benzene rings is 3. The zero-order valence-corrected chi connectivity index (χ0v) is 42.3. The first kappa shape index (κ1) is 48.9. The van der Waals surface area contributed by atoms with Crippen LogP contribution in [0.2, 0.25) is 0 Å². The van der Waals surface area contributed by atoms with Crippen LogP contribution in [-0.2, 0) is 14.8 Å². The number of sulfonamides is 1. The maximum atomic E-state index is 14.7. The molecule has 1 spiro atoms. The van der Waals surface area contributed by atoms with Crippen molar-refractivity contribution in [3.8, 4) is 17.2 Å². The molecule has 5 aromatic rings. The molecule has 0 bridgehead atoms. The summed E-state index contributed by atoms with van der Waals surface area (Å²) in [5.74, 6) is -0.612. The molecule has 73 heavy (non-hydrogen) atoms. The largest absolute Gasteiger partial charge is 0.489 e. The highest BCUT2D eigenvalue weighted by atomic mass is 32.2. The Morgan fingerprint density at radius 1 is 1.00 bits per heavy atom. The molecule has 2 saturated heterocycles. The molecule has 19 heteroatoms. The van der Waals surface area contributed by atoms with E-state index < -0.39 is 42.9 Å². The van der Waals surface area contributed by atoms with Gasteiger partial charge in [0, 0.05) is 74.8 Å². The van der Waals surface area contributed by atoms with E-state index in [1.165, 1.54) is 35.7 Å². The standard InChI is InChI=1S/C54H63FN8O9S/c1-32(2)39-6-4-5-7-40(39)46-30-61(52(65)34-8-9-34)20-21-62(46)36-26-54(27-36)16-18-60(19-17-54)35-10-11-41(47(22-35)72-37-23-42-43(55)29-57-50(42)56-28-37)51(64)59-73(69,70)38-24-45(63(67)68)49-48(25-38)71-31-44(58-49)33-12-14-53(3,66)15-13-33/h4-7,10-11,22-25,28-29,32-34,36,44,46,58,66H,8-9,12-21,26-27,30-31H2,1-3H3,(H,56,57)(H,59,64)/t33-,44-,46+,53-/m1/s1. The summed E-state index contributed by atoms with van der Waals surface area (Å²) in [4.78, 5) is 52.8. The van der Waals surface area contributed by atoms with E-state index in [2.05, 4.69) is 72.8 Å². The Kier molecular flexibility index (Phi) is 12.6. The first-order chi connectivity index (χ1) is 34.9. The van der Waals surface area contributed by atoms with Crippen LogP contribution < -0.4 is 24.4 Å². The van der Waals surface area contributed by atoms with Gasteiger partial charge in [-0.05, 0) is 118 Å². The van der Waals surface area contributed by atoms with Crippen LogP contribution in [0.5, 0.6) is 17.2 Å². The van der Waals surface area contributed by atoms with Crippen molar-refractivity contribution in [3.63, 3.8) is 0 Å². The molecular weight excluding hydrogens is 956 g/mol. The molecule has 11 rings (SSSR count). The van der Waals surface area contributed by atoms with E-state index in [9.17, 15) is 37.6 Å². The van der Waals surface area contributed by atoms with Gasteiger partial charge in [0.2, 0.25) is 5.91 Å². The molecule has 2 amide bonds. The van der Waals surface area contributed by atoms with E-state index in [1.54, 1.807) is 19.1 Å². The van der Waals surface area contributed by atoms with Crippen LogP contribution in [0.3, 0.4) is 0 Å². The lowest BCUT2D eigenvalue weighted by atomic mass is 9.59. The molecule has 386 valence electrons. The smallest absolute Gasteiger partial charge is 0.297 e. The van der Waals surface area contributed by atoms with Crippen molar-refractivity contribution in [2.24, 2.45) is 17.3 Å². The molecule has 3 saturated carbocycles. The maximum Gasteiger partial charge on any atom is 0.297 e. The number of fused-ring (bicyclic) bond motifs is 2. The van der Waals surface area contributed by atoms with E-state index in [-0.39, 0.29) is 69.8 Å². The lowest BCUT2D eigenvalue weighted by molar-refractivity contribution is -0.384. The minimum atomic E-state index is -4.74. The van der Waals surface area contributed by atoms with Gasteiger partial charge in [0.15, 0.2) is 11.4 Å². The number of piperidine rings is 1. The zero-order chi connectivity index (χ0) is 51.0. The number of carbonyl (C=O) groups is 2. The van der Waals surface area contributed by atoms with Crippen LogP contribution in [0, 0.1) is 33.2 Å². The molecule has 2 atom stereocenters. The number of nitro groups is 1. The van der Waals surface area contributed by atoms with Gasteiger partial charge in [-0.15, -0.1) is 0 Å². The fourth-order valence-electron chi connectivity index (χ4n) is 12.3. The molecule has 0 unspecified atom stereocenters. The van der Waals surface area contributed by atoms with Crippen molar-refractivity contribution in [1.29, 1.82) is 0 Å². The summed E-state index contributed by atoms with van der Waals surface area (Å²) in [6.45, 7) is 10.2. The van der Waals surface area contributed by atoms with E-state index in [0.29, 0.717) is 55.7 Å². The monoisotopic (exact) mass is 1020 g/mol. The molecule has 3 aliphatic carbocycles.